The van der Waals surface area contributed by atoms with Crippen molar-refractivity contribution in [2.75, 3.05) is 0 Å². The normalized spacial score (nSPS) is 10.2. The molecule has 0 fully saturated rings. The smallest absolute Gasteiger partial charge is 0.336 e. The van der Waals surface area contributed by atoms with E-state index in [2.05, 4.69) is 6.58 Å². The minimum atomic E-state index is -1.05. The third kappa shape index (κ3) is 1.96. The van der Waals surface area contributed by atoms with Crippen LogP contribution in [-0.4, -0.2) is 22.2 Å². The van der Waals surface area contributed by atoms with Gasteiger partial charge in [-0.3, -0.25) is 0 Å². The minimum Gasteiger partial charge on any atom is -0.478 e. The van der Waals surface area contributed by atoms with Crippen molar-refractivity contribution in [2.45, 2.75) is 0 Å². The fourth-order valence-corrected chi connectivity index (χ4v) is 1.82. The van der Waals surface area contributed by atoms with Crippen LogP contribution in [0.4, 0.5) is 0 Å². The van der Waals surface area contributed by atoms with Gasteiger partial charge >= 0.3 is 11.9 Å². The maximum absolute atomic E-state index is 11.2. The fraction of sp³-hybridized carbons (Fsp3) is 0. The van der Waals surface area contributed by atoms with Crippen LogP contribution in [0.1, 0.15) is 26.3 Å². The molecule has 0 saturated carbocycles. The van der Waals surface area contributed by atoms with E-state index in [-0.39, 0.29) is 11.1 Å². The average molecular weight is 242 g/mol. The van der Waals surface area contributed by atoms with Crippen molar-refractivity contribution in [1.29, 1.82) is 0 Å². The van der Waals surface area contributed by atoms with E-state index in [1.165, 1.54) is 30.3 Å². The molecule has 2 aromatic carbocycles. The van der Waals surface area contributed by atoms with Crippen molar-refractivity contribution < 1.29 is 19.8 Å². The van der Waals surface area contributed by atoms with E-state index < -0.39 is 11.9 Å². The van der Waals surface area contributed by atoms with Gasteiger partial charge < -0.3 is 10.2 Å². The standard InChI is InChI=1S/C14H10O4/c1-2-8-5-10-7-9(13(15)16)3-4-11(10)12(6-8)14(17)18/h2-7H,1H2,(H,15,16)(H,17,18). The highest BCUT2D eigenvalue weighted by atomic mass is 16.4. The fourth-order valence-electron chi connectivity index (χ4n) is 1.82. The lowest BCUT2D eigenvalue weighted by Gasteiger charge is -2.06. The summed E-state index contributed by atoms with van der Waals surface area (Å²) < 4.78 is 0. The van der Waals surface area contributed by atoms with Crippen LogP contribution < -0.4 is 0 Å². The predicted molar refractivity (Wildman–Crippen MR) is 68.0 cm³/mol. The summed E-state index contributed by atoms with van der Waals surface area (Å²) in [4.78, 5) is 22.0. The van der Waals surface area contributed by atoms with Crippen LogP contribution in [0.3, 0.4) is 0 Å². The Morgan fingerprint density at radius 1 is 1.06 bits per heavy atom. The van der Waals surface area contributed by atoms with Gasteiger partial charge in [0.05, 0.1) is 11.1 Å². The molecule has 0 saturated heterocycles. The molecule has 2 rings (SSSR count). The summed E-state index contributed by atoms with van der Waals surface area (Å²) in [6, 6.07) is 7.58. The molecule has 0 radical (unpaired) electrons. The Labute approximate surface area is 103 Å². The molecule has 0 amide bonds. The van der Waals surface area contributed by atoms with Gasteiger partial charge in [0.1, 0.15) is 0 Å². The Kier molecular flexibility index (Phi) is 2.85. The lowest BCUT2D eigenvalue weighted by molar-refractivity contribution is 0.0688. The average Bonchev–Trinajstić information content (AvgIpc) is 2.36. The Balaban J connectivity index is 2.82. The van der Waals surface area contributed by atoms with Crippen molar-refractivity contribution >= 4 is 28.8 Å². The molecule has 2 aromatic rings. The first-order valence-corrected chi connectivity index (χ1v) is 5.20. The molecule has 2 N–H and O–H groups in total. The number of hydrogen-bond acceptors (Lipinski definition) is 2. The molecule has 0 spiro atoms. The summed E-state index contributed by atoms with van der Waals surface area (Å²) in [7, 11) is 0. The molecule has 0 aliphatic heterocycles. The first-order chi connectivity index (χ1) is 8.52. The second-order valence-corrected chi connectivity index (χ2v) is 3.82. The zero-order valence-corrected chi connectivity index (χ0v) is 9.38. The van der Waals surface area contributed by atoms with Gasteiger partial charge in [0.2, 0.25) is 0 Å². The first kappa shape index (κ1) is 11.9. The van der Waals surface area contributed by atoms with E-state index in [0.717, 1.165) is 0 Å². The summed E-state index contributed by atoms with van der Waals surface area (Å²) >= 11 is 0. The van der Waals surface area contributed by atoms with Gasteiger partial charge in [0.25, 0.3) is 0 Å². The second kappa shape index (κ2) is 4.33. The Bertz CT molecular complexity index is 671. The number of rotatable bonds is 3. The number of aromatic carboxylic acids is 2. The van der Waals surface area contributed by atoms with Crippen molar-refractivity contribution in [1.82, 2.24) is 0 Å². The van der Waals surface area contributed by atoms with Crippen molar-refractivity contribution in [2.24, 2.45) is 0 Å². The lowest BCUT2D eigenvalue weighted by atomic mass is 9.99. The number of carboxylic acid groups (broad SMARTS) is 2. The molecule has 4 nitrogen and oxygen atoms in total. The highest BCUT2D eigenvalue weighted by Gasteiger charge is 2.11. The van der Waals surface area contributed by atoms with E-state index in [1.54, 1.807) is 6.07 Å². The summed E-state index contributed by atoms with van der Waals surface area (Å²) in [6.45, 7) is 3.59. The molecule has 0 bridgehead atoms. The second-order valence-electron chi connectivity index (χ2n) is 3.82. The van der Waals surface area contributed by atoms with Crippen molar-refractivity contribution in [3.8, 4) is 0 Å². The van der Waals surface area contributed by atoms with Crippen molar-refractivity contribution in [3.63, 3.8) is 0 Å². The Hall–Kier alpha value is -2.62. The van der Waals surface area contributed by atoms with Gasteiger partial charge in [-0.2, -0.15) is 0 Å². The largest absolute Gasteiger partial charge is 0.478 e. The molecule has 0 aliphatic rings. The van der Waals surface area contributed by atoms with Crippen LogP contribution >= 0.6 is 0 Å². The van der Waals surface area contributed by atoms with Crippen LogP contribution in [0.15, 0.2) is 36.9 Å². The van der Waals surface area contributed by atoms with Crippen LogP contribution in [-0.2, 0) is 0 Å². The molecule has 0 aliphatic carbocycles. The molecule has 90 valence electrons. The molecular formula is C14H10O4. The monoisotopic (exact) mass is 242 g/mol. The van der Waals surface area contributed by atoms with Crippen LogP contribution in [0.25, 0.3) is 16.8 Å². The number of carboxylic acids is 2. The van der Waals surface area contributed by atoms with E-state index in [9.17, 15) is 9.59 Å². The summed E-state index contributed by atoms with van der Waals surface area (Å²) in [5.74, 6) is -2.09. The third-order valence-corrected chi connectivity index (χ3v) is 2.69. The molecule has 0 aromatic heterocycles. The molecule has 0 atom stereocenters. The Morgan fingerprint density at radius 3 is 2.33 bits per heavy atom. The highest BCUT2D eigenvalue weighted by molar-refractivity contribution is 6.06. The molecule has 18 heavy (non-hydrogen) atoms. The van der Waals surface area contributed by atoms with Gasteiger partial charge in [-0.05, 0) is 40.6 Å². The summed E-state index contributed by atoms with van der Waals surface area (Å²) in [5.41, 5.74) is 0.904. The van der Waals surface area contributed by atoms with Gasteiger partial charge in [0.15, 0.2) is 0 Å². The van der Waals surface area contributed by atoms with Gasteiger partial charge in [-0.25, -0.2) is 9.59 Å². The number of carbonyl (C=O) groups is 2. The van der Waals surface area contributed by atoms with Crippen LogP contribution in [0.5, 0.6) is 0 Å². The number of hydrogen-bond donors (Lipinski definition) is 2. The third-order valence-electron chi connectivity index (χ3n) is 2.69. The van der Waals surface area contributed by atoms with Crippen molar-refractivity contribution in [3.05, 3.63) is 53.6 Å². The molecular weight excluding hydrogens is 232 g/mol. The van der Waals surface area contributed by atoms with Gasteiger partial charge in [0, 0.05) is 0 Å². The molecule has 0 heterocycles. The van der Waals surface area contributed by atoms with Crippen LogP contribution in [0, 0.1) is 0 Å². The van der Waals surface area contributed by atoms with Crippen LogP contribution in [0.2, 0.25) is 0 Å². The SMILES string of the molecule is C=Cc1cc(C(=O)O)c2ccc(C(=O)O)cc2c1. The molecule has 0 unspecified atom stereocenters. The maximum Gasteiger partial charge on any atom is 0.336 e. The van der Waals surface area contributed by atoms with Gasteiger partial charge in [-0.1, -0.05) is 18.7 Å². The van der Waals surface area contributed by atoms with E-state index in [1.807, 2.05) is 0 Å². The highest BCUT2D eigenvalue weighted by Crippen LogP contribution is 2.23. The first-order valence-electron chi connectivity index (χ1n) is 5.20. The lowest BCUT2D eigenvalue weighted by Crippen LogP contribution is -2.00. The maximum atomic E-state index is 11.2. The van der Waals surface area contributed by atoms with E-state index in [4.69, 9.17) is 10.2 Å². The minimum absolute atomic E-state index is 0.125. The zero-order valence-electron chi connectivity index (χ0n) is 9.38. The Morgan fingerprint density at radius 2 is 1.78 bits per heavy atom. The topological polar surface area (TPSA) is 74.6 Å². The predicted octanol–water partition coefficient (Wildman–Crippen LogP) is 2.88. The van der Waals surface area contributed by atoms with E-state index >= 15 is 0 Å². The quantitative estimate of drug-likeness (QED) is 0.867. The zero-order chi connectivity index (χ0) is 13.3. The number of fused-ring (bicyclic) bond motifs is 1. The summed E-state index contributed by atoms with van der Waals surface area (Å²) in [6.07, 6.45) is 1.53. The van der Waals surface area contributed by atoms with E-state index in [0.29, 0.717) is 16.3 Å². The van der Waals surface area contributed by atoms with Gasteiger partial charge in [-0.15, -0.1) is 0 Å². The molecule has 4 heteroatoms. The number of benzene rings is 2. The summed E-state index contributed by atoms with van der Waals surface area (Å²) in [5, 5.41) is 19.1.